The summed E-state index contributed by atoms with van der Waals surface area (Å²) in [5, 5.41) is 6.38. The Balaban J connectivity index is 1.62. The molecule has 0 bridgehead atoms. The fourth-order valence-corrected chi connectivity index (χ4v) is 3.17. The van der Waals surface area contributed by atoms with E-state index in [9.17, 15) is 13.6 Å². The Bertz CT molecular complexity index is 549. The Morgan fingerprint density at radius 2 is 2.19 bits per heavy atom. The minimum Gasteiger partial charge on any atom is -0.352 e. The largest absolute Gasteiger partial charge is 0.352 e. The first kappa shape index (κ1) is 14.4. The number of halogens is 2. The van der Waals surface area contributed by atoms with E-state index < -0.39 is 11.6 Å². The van der Waals surface area contributed by atoms with Gasteiger partial charge in [-0.15, -0.1) is 0 Å². The number of hydrogen-bond donors (Lipinski definition) is 2. The van der Waals surface area contributed by atoms with Crippen LogP contribution in [0.4, 0.5) is 8.78 Å². The quantitative estimate of drug-likeness (QED) is 0.898. The van der Waals surface area contributed by atoms with E-state index in [0.29, 0.717) is 12.0 Å². The van der Waals surface area contributed by atoms with Crippen molar-refractivity contribution in [3.8, 4) is 0 Å². The Morgan fingerprint density at radius 3 is 2.95 bits per heavy atom. The van der Waals surface area contributed by atoms with Gasteiger partial charge >= 0.3 is 0 Å². The first-order chi connectivity index (χ1) is 10.1. The monoisotopic (exact) mass is 294 g/mol. The third-order valence-electron chi connectivity index (χ3n) is 4.60. The molecular weight excluding hydrogens is 274 g/mol. The van der Waals surface area contributed by atoms with Crippen molar-refractivity contribution in [1.29, 1.82) is 0 Å². The second-order valence-corrected chi connectivity index (χ2v) is 6.09. The van der Waals surface area contributed by atoms with E-state index in [4.69, 9.17) is 0 Å². The standard InChI is InChI=1S/C16H20F2N2O/c1-9-14(6-3-7-19-9)20-16(21)12-8-11(12)10-4-2-5-13(17)15(10)18/h2,4-5,9,11-12,14,19H,3,6-8H2,1H3,(H,20,21). The lowest BCUT2D eigenvalue weighted by Gasteiger charge is -2.30. The number of amides is 1. The van der Waals surface area contributed by atoms with Crippen LogP contribution >= 0.6 is 0 Å². The number of nitrogens with one attached hydrogen (secondary N) is 2. The van der Waals surface area contributed by atoms with Gasteiger partial charge in [-0.25, -0.2) is 8.78 Å². The Morgan fingerprint density at radius 1 is 1.38 bits per heavy atom. The van der Waals surface area contributed by atoms with Crippen molar-refractivity contribution in [1.82, 2.24) is 10.6 Å². The molecule has 2 fully saturated rings. The summed E-state index contributed by atoms with van der Waals surface area (Å²) in [5.74, 6) is -2.11. The number of hydrogen-bond acceptors (Lipinski definition) is 2. The van der Waals surface area contributed by atoms with E-state index in [-0.39, 0.29) is 29.8 Å². The molecule has 114 valence electrons. The summed E-state index contributed by atoms with van der Waals surface area (Å²) in [6.45, 7) is 3.04. The smallest absolute Gasteiger partial charge is 0.224 e. The molecule has 4 atom stereocenters. The summed E-state index contributed by atoms with van der Waals surface area (Å²) in [4.78, 5) is 12.2. The van der Waals surface area contributed by atoms with Crippen LogP contribution in [-0.4, -0.2) is 24.5 Å². The molecule has 21 heavy (non-hydrogen) atoms. The van der Waals surface area contributed by atoms with Crippen molar-refractivity contribution in [2.75, 3.05) is 6.54 Å². The number of benzene rings is 1. The van der Waals surface area contributed by atoms with Gasteiger partial charge in [0.2, 0.25) is 5.91 Å². The topological polar surface area (TPSA) is 41.1 Å². The predicted octanol–water partition coefficient (Wildman–Crippen LogP) is 2.33. The molecule has 1 aliphatic heterocycles. The molecule has 3 nitrogen and oxygen atoms in total. The Hall–Kier alpha value is -1.49. The highest BCUT2D eigenvalue weighted by Gasteiger charge is 2.46. The Labute approximate surface area is 123 Å². The average Bonchev–Trinajstić information content (AvgIpc) is 3.25. The lowest BCUT2D eigenvalue weighted by molar-refractivity contribution is -0.123. The van der Waals surface area contributed by atoms with Crippen molar-refractivity contribution in [2.45, 2.75) is 44.2 Å². The van der Waals surface area contributed by atoms with E-state index in [2.05, 4.69) is 17.6 Å². The van der Waals surface area contributed by atoms with E-state index in [1.54, 1.807) is 6.07 Å². The summed E-state index contributed by atoms with van der Waals surface area (Å²) in [7, 11) is 0. The fourth-order valence-electron chi connectivity index (χ4n) is 3.17. The fraction of sp³-hybridized carbons (Fsp3) is 0.562. The van der Waals surface area contributed by atoms with Gasteiger partial charge in [-0.1, -0.05) is 12.1 Å². The lowest BCUT2D eigenvalue weighted by atomic mass is 9.99. The van der Waals surface area contributed by atoms with Crippen molar-refractivity contribution in [3.63, 3.8) is 0 Å². The van der Waals surface area contributed by atoms with Crippen molar-refractivity contribution < 1.29 is 13.6 Å². The van der Waals surface area contributed by atoms with Crippen LogP contribution < -0.4 is 10.6 Å². The van der Waals surface area contributed by atoms with Gasteiger partial charge in [-0.2, -0.15) is 0 Å². The Kier molecular flexibility index (Phi) is 3.93. The molecule has 2 aliphatic rings. The zero-order chi connectivity index (χ0) is 15.0. The van der Waals surface area contributed by atoms with Crippen LogP contribution in [0, 0.1) is 17.6 Å². The zero-order valence-electron chi connectivity index (χ0n) is 12.0. The van der Waals surface area contributed by atoms with Crippen LogP contribution in [0.5, 0.6) is 0 Å². The number of carbonyl (C=O) groups is 1. The summed E-state index contributed by atoms with van der Waals surface area (Å²) >= 11 is 0. The van der Waals surface area contributed by atoms with E-state index >= 15 is 0 Å². The maximum atomic E-state index is 13.7. The van der Waals surface area contributed by atoms with Gasteiger partial charge in [0, 0.05) is 18.0 Å². The zero-order valence-corrected chi connectivity index (χ0v) is 12.0. The van der Waals surface area contributed by atoms with Gasteiger partial charge in [-0.3, -0.25) is 4.79 Å². The van der Waals surface area contributed by atoms with Crippen LogP contribution in [0.15, 0.2) is 18.2 Å². The second-order valence-electron chi connectivity index (χ2n) is 6.09. The maximum absolute atomic E-state index is 13.7. The first-order valence-corrected chi connectivity index (χ1v) is 7.55. The third kappa shape index (κ3) is 2.93. The molecule has 0 aromatic heterocycles. The van der Waals surface area contributed by atoms with Gasteiger partial charge in [-0.05, 0) is 50.3 Å². The average molecular weight is 294 g/mol. The molecule has 1 aromatic rings. The lowest BCUT2D eigenvalue weighted by Crippen LogP contribution is -2.52. The highest BCUT2D eigenvalue weighted by molar-refractivity contribution is 5.83. The SMILES string of the molecule is CC1NCCCC1NC(=O)C1CC1c1cccc(F)c1F. The second kappa shape index (κ2) is 5.72. The van der Waals surface area contributed by atoms with Crippen molar-refractivity contribution in [3.05, 3.63) is 35.4 Å². The van der Waals surface area contributed by atoms with Crippen LogP contribution in [-0.2, 0) is 4.79 Å². The minimum absolute atomic E-state index is 0.0378. The van der Waals surface area contributed by atoms with Crippen LogP contribution in [0.25, 0.3) is 0 Å². The minimum atomic E-state index is -0.844. The molecule has 0 spiro atoms. The normalized spacial score (nSPS) is 31.8. The molecule has 1 saturated heterocycles. The van der Waals surface area contributed by atoms with E-state index in [1.165, 1.54) is 6.07 Å². The first-order valence-electron chi connectivity index (χ1n) is 7.55. The van der Waals surface area contributed by atoms with Gasteiger partial charge < -0.3 is 10.6 Å². The van der Waals surface area contributed by atoms with Crippen molar-refractivity contribution >= 4 is 5.91 Å². The summed E-state index contributed by atoms with van der Waals surface area (Å²) < 4.78 is 27.0. The van der Waals surface area contributed by atoms with Gasteiger partial charge in [0.1, 0.15) is 0 Å². The van der Waals surface area contributed by atoms with Crippen LogP contribution in [0.3, 0.4) is 0 Å². The number of rotatable bonds is 3. The van der Waals surface area contributed by atoms with E-state index in [1.807, 2.05) is 0 Å². The number of piperidine rings is 1. The molecule has 1 aliphatic carbocycles. The van der Waals surface area contributed by atoms with Gasteiger partial charge in [0.05, 0.1) is 0 Å². The molecular formula is C16H20F2N2O. The molecule has 3 rings (SSSR count). The van der Waals surface area contributed by atoms with Gasteiger partial charge in [0.15, 0.2) is 11.6 Å². The third-order valence-corrected chi connectivity index (χ3v) is 4.60. The molecule has 0 radical (unpaired) electrons. The summed E-state index contributed by atoms with van der Waals surface area (Å²) in [5.41, 5.74) is 0.324. The van der Waals surface area contributed by atoms with Gasteiger partial charge in [0.25, 0.3) is 0 Å². The molecule has 2 N–H and O–H groups in total. The molecule has 1 amide bonds. The summed E-state index contributed by atoms with van der Waals surface area (Å²) in [6.07, 6.45) is 2.61. The maximum Gasteiger partial charge on any atom is 0.224 e. The summed E-state index contributed by atoms with van der Waals surface area (Å²) in [6, 6.07) is 4.55. The number of carbonyl (C=O) groups excluding carboxylic acids is 1. The predicted molar refractivity (Wildman–Crippen MR) is 75.8 cm³/mol. The van der Waals surface area contributed by atoms with Crippen LogP contribution in [0.1, 0.15) is 37.7 Å². The highest BCUT2D eigenvalue weighted by atomic mass is 19.2. The van der Waals surface area contributed by atoms with E-state index in [0.717, 1.165) is 25.5 Å². The highest BCUT2D eigenvalue weighted by Crippen LogP contribution is 2.48. The molecule has 1 heterocycles. The molecule has 4 unspecified atom stereocenters. The molecule has 1 saturated carbocycles. The van der Waals surface area contributed by atoms with Crippen molar-refractivity contribution in [2.24, 2.45) is 5.92 Å². The van der Waals surface area contributed by atoms with Crippen LogP contribution in [0.2, 0.25) is 0 Å². The molecule has 1 aromatic carbocycles. The molecule has 5 heteroatoms.